The molecule has 1 aromatic heterocycles. The van der Waals surface area contributed by atoms with Crippen LogP contribution in [0.4, 0.5) is 0 Å². The van der Waals surface area contributed by atoms with Gasteiger partial charge in [0.1, 0.15) is 0 Å². The van der Waals surface area contributed by atoms with Crippen LogP contribution in [-0.2, 0) is 4.79 Å². The highest BCUT2D eigenvalue weighted by molar-refractivity contribution is 6.06. The van der Waals surface area contributed by atoms with Crippen molar-refractivity contribution in [1.82, 2.24) is 15.2 Å². The minimum Gasteiger partial charge on any atom is -0.351 e. The summed E-state index contributed by atoms with van der Waals surface area (Å²) < 4.78 is 0. The van der Waals surface area contributed by atoms with Gasteiger partial charge in [-0.2, -0.15) is 0 Å². The second kappa shape index (κ2) is 4.94. The van der Waals surface area contributed by atoms with Gasteiger partial charge in [-0.1, -0.05) is 11.6 Å². The maximum atomic E-state index is 12.9. The van der Waals surface area contributed by atoms with Crippen molar-refractivity contribution < 1.29 is 9.59 Å². The molecular weight excluding hydrogens is 294 g/mol. The predicted octanol–water partition coefficient (Wildman–Crippen LogP) is 0.797. The molecule has 2 N–H and O–H groups in total. The molecule has 0 spiro atoms. The lowest BCUT2D eigenvalue weighted by Crippen LogP contribution is -2.36. The van der Waals surface area contributed by atoms with Gasteiger partial charge in [-0.15, -0.1) is 0 Å². The molecule has 23 heavy (non-hydrogen) atoms. The molecule has 2 saturated heterocycles. The SMILES string of the molecule is Cc1ccc2[nH]c(=O)cc(C(=O)N3C[C@@H]4CC(=O)N[C@@H]4C3)c2c1. The Kier molecular flexibility index (Phi) is 3.01. The minimum absolute atomic E-state index is 0.0430. The van der Waals surface area contributed by atoms with Crippen molar-refractivity contribution in [3.8, 4) is 0 Å². The Hall–Kier alpha value is -2.63. The number of carbonyl (C=O) groups is 2. The largest absolute Gasteiger partial charge is 0.351 e. The van der Waals surface area contributed by atoms with Gasteiger partial charge in [0.25, 0.3) is 5.91 Å². The number of pyridine rings is 1. The third kappa shape index (κ3) is 2.30. The van der Waals surface area contributed by atoms with Crippen LogP contribution in [0.3, 0.4) is 0 Å². The first-order valence-electron chi connectivity index (χ1n) is 7.73. The number of carbonyl (C=O) groups excluding carboxylic acids is 2. The second-order valence-electron chi connectivity index (χ2n) is 6.44. The highest BCUT2D eigenvalue weighted by Crippen LogP contribution is 2.27. The lowest BCUT2D eigenvalue weighted by molar-refractivity contribution is -0.119. The second-order valence-corrected chi connectivity index (χ2v) is 6.44. The summed E-state index contributed by atoms with van der Waals surface area (Å²) in [6.45, 7) is 3.02. The Bertz CT molecular complexity index is 870. The molecule has 0 unspecified atom stereocenters. The number of nitrogens with one attached hydrogen (secondary N) is 2. The van der Waals surface area contributed by atoms with E-state index in [1.807, 2.05) is 25.1 Å². The van der Waals surface area contributed by atoms with Crippen molar-refractivity contribution in [1.29, 1.82) is 0 Å². The van der Waals surface area contributed by atoms with Gasteiger partial charge >= 0.3 is 0 Å². The molecule has 2 atom stereocenters. The van der Waals surface area contributed by atoms with Gasteiger partial charge in [-0.3, -0.25) is 14.4 Å². The zero-order valence-electron chi connectivity index (χ0n) is 12.8. The van der Waals surface area contributed by atoms with E-state index in [4.69, 9.17) is 0 Å². The molecule has 0 bridgehead atoms. The molecule has 6 nitrogen and oxygen atoms in total. The van der Waals surface area contributed by atoms with E-state index in [1.54, 1.807) is 4.90 Å². The number of benzene rings is 1. The molecule has 2 aliphatic rings. The van der Waals surface area contributed by atoms with E-state index in [2.05, 4.69) is 10.3 Å². The first kappa shape index (κ1) is 14.0. The van der Waals surface area contributed by atoms with Gasteiger partial charge in [-0.25, -0.2) is 0 Å². The molecule has 0 aliphatic carbocycles. The summed E-state index contributed by atoms with van der Waals surface area (Å²) >= 11 is 0. The molecule has 1 aromatic carbocycles. The van der Waals surface area contributed by atoms with Crippen molar-refractivity contribution in [3.05, 3.63) is 45.7 Å². The van der Waals surface area contributed by atoms with E-state index in [0.717, 1.165) is 10.9 Å². The van der Waals surface area contributed by atoms with E-state index < -0.39 is 0 Å². The van der Waals surface area contributed by atoms with E-state index in [1.165, 1.54) is 6.07 Å². The first-order chi connectivity index (χ1) is 11.0. The van der Waals surface area contributed by atoms with Crippen LogP contribution in [0.5, 0.6) is 0 Å². The molecule has 6 heteroatoms. The summed E-state index contributed by atoms with van der Waals surface area (Å²) in [7, 11) is 0. The number of fused-ring (bicyclic) bond motifs is 2. The Morgan fingerprint density at radius 2 is 2.04 bits per heavy atom. The fourth-order valence-corrected chi connectivity index (χ4v) is 3.63. The monoisotopic (exact) mass is 311 g/mol. The van der Waals surface area contributed by atoms with Gasteiger partial charge in [0.05, 0.1) is 11.6 Å². The quantitative estimate of drug-likeness (QED) is 0.817. The summed E-state index contributed by atoms with van der Waals surface area (Å²) in [6.07, 6.45) is 0.476. The molecule has 2 fully saturated rings. The molecule has 2 amide bonds. The molecule has 0 saturated carbocycles. The summed E-state index contributed by atoms with van der Waals surface area (Å²) in [5, 5.41) is 3.67. The number of hydrogen-bond acceptors (Lipinski definition) is 3. The van der Waals surface area contributed by atoms with Crippen LogP contribution >= 0.6 is 0 Å². The Labute approximate surface area is 132 Å². The molecular formula is C17H17N3O3. The summed E-state index contributed by atoms with van der Waals surface area (Å²) in [5.41, 5.74) is 1.85. The first-order valence-corrected chi connectivity index (χ1v) is 7.73. The number of nitrogens with zero attached hydrogens (tertiary/aromatic N) is 1. The van der Waals surface area contributed by atoms with Crippen LogP contribution in [0, 0.1) is 12.8 Å². The zero-order valence-corrected chi connectivity index (χ0v) is 12.8. The number of aromatic amines is 1. The van der Waals surface area contributed by atoms with E-state index in [9.17, 15) is 14.4 Å². The normalized spacial score (nSPS) is 23.2. The van der Waals surface area contributed by atoms with Crippen LogP contribution in [-0.4, -0.2) is 40.8 Å². The molecule has 2 aromatic rings. The van der Waals surface area contributed by atoms with Crippen LogP contribution in [0.15, 0.2) is 29.1 Å². The van der Waals surface area contributed by atoms with Crippen molar-refractivity contribution in [3.63, 3.8) is 0 Å². The van der Waals surface area contributed by atoms with E-state index >= 15 is 0 Å². The van der Waals surface area contributed by atoms with E-state index in [0.29, 0.717) is 30.6 Å². The molecule has 3 heterocycles. The molecule has 118 valence electrons. The lowest BCUT2D eigenvalue weighted by atomic mass is 10.0. The Balaban J connectivity index is 1.72. The topological polar surface area (TPSA) is 82.3 Å². The maximum Gasteiger partial charge on any atom is 0.254 e. The Morgan fingerprint density at radius 1 is 1.22 bits per heavy atom. The van der Waals surface area contributed by atoms with E-state index in [-0.39, 0.29) is 29.3 Å². The van der Waals surface area contributed by atoms with Crippen LogP contribution in [0.25, 0.3) is 10.9 Å². The molecule has 0 radical (unpaired) electrons. The number of amides is 2. The highest BCUT2D eigenvalue weighted by atomic mass is 16.2. The average molecular weight is 311 g/mol. The molecule has 2 aliphatic heterocycles. The van der Waals surface area contributed by atoms with Gasteiger partial charge in [0, 0.05) is 42.4 Å². The summed E-state index contributed by atoms with van der Waals surface area (Å²) in [5.74, 6) is 0.0983. The third-order valence-corrected chi connectivity index (χ3v) is 4.75. The van der Waals surface area contributed by atoms with Crippen molar-refractivity contribution in [2.45, 2.75) is 19.4 Å². The minimum atomic E-state index is -0.280. The fraction of sp³-hybridized carbons (Fsp3) is 0.353. The predicted molar refractivity (Wildman–Crippen MR) is 85.2 cm³/mol. The van der Waals surface area contributed by atoms with Crippen LogP contribution < -0.4 is 10.9 Å². The summed E-state index contributed by atoms with van der Waals surface area (Å²) in [4.78, 5) is 40.7. The standard InChI is InChI=1S/C17H17N3O3/c1-9-2-3-13-11(4-9)12(6-16(22)18-13)17(23)20-7-10-5-15(21)19-14(10)8-20/h2-4,6,10,14H,5,7-8H2,1H3,(H,18,22)(H,19,21)/t10-,14+/m0/s1. The van der Waals surface area contributed by atoms with Gasteiger partial charge in [0.15, 0.2) is 0 Å². The lowest BCUT2D eigenvalue weighted by Gasteiger charge is -2.18. The Morgan fingerprint density at radius 3 is 2.83 bits per heavy atom. The van der Waals surface area contributed by atoms with Crippen molar-refractivity contribution in [2.75, 3.05) is 13.1 Å². The fourth-order valence-electron chi connectivity index (χ4n) is 3.63. The van der Waals surface area contributed by atoms with Crippen molar-refractivity contribution in [2.24, 2.45) is 5.92 Å². The summed E-state index contributed by atoms with van der Waals surface area (Å²) in [6, 6.07) is 7.05. The highest BCUT2D eigenvalue weighted by Gasteiger charge is 2.41. The maximum absolute atomic E-state index is 12.9. The number of aryl methyl sites for hydroxylation is 1. The number of likely N-dealkylation sites (tertiary alicyclic amines) is 1. The smallest absolute Gasteiger partial charge is 0.254 e. The third-order valence-electron chi connectivity index (χ3n) is 4.75. The molecule has 4 rings (SSSR count). The average Bonchev–Trinajstić information content (AvgIpc) is 3.03. The zero-order chi connectivity index (χ0) is 16.1. The number of H-pyrrole nitrogens is 1. The van der Waals surface area contributed by atoms with Gasteiger partial charge in [-0.05, 0) is 19.1 Å². The van der Waals surface area contributed by atoms with Crippen LogP contribution in [0.2, 0.25) is 0 Å². The van der Waals surface area contributed by atoms with Gasteiger partial charge < -0.3 is 15.2 Å². The number of aromatic nitrogens is 1. The van der Waals surface area contributed by atoms with Crippen molar-refractivity contribution >= 4 is 22.7 Å². The number of rotatable bonds is 1. The number of hydrogen-bond donors (Lipinski definition) is 2. The van der Waals surface area contributed by atoms with Gasteiger partial charge in [0.2, 0.25) is 11.5 Å². The van der Waals surface area contributed by atoms with Crippen LogP contribution in [0.1, 0.15) is 22.3 Å².